The van der Waals surface area contributed by atoms with E-state index in [1.165, 1.54) is 12.8 Å². The Labute approximate surface area is 84.9 Å². The molecule has 0 spiro atoms. The van der Waals surface area contributed by atoms with Crippen molar-refractivity contribution in [2.75, 3.05) is 6.54 Å². The lowest BCUT2D eigenvalue weighted by molar-refractivity contribution is -0.107. The Balaban J connectivity index is 1.82. The predicted molar refractivity (Wildman–Crippen MR) is 53.9 cm³/mol. The maximum Gasteiger partial charge on any atom is 0.133 e. The van der Waals surface area contributed by atoms with Crippen molar-refractivity contribution in [3.8, 4) is 0 Å². The van der Waals surface area contributed by atoms with E-state index in [1.807, 2.05) is 0 Å². The van der Waals surface area contributed by atoms with Gasteiger partial charge in [0.05, 0.1) is 12.6 Å². The number of carbonyl (C=O) groups is 1. The lowest BCUT2D eigenvalue weighted by Crippen LogP contribution is -2.28. The van der Waals surface area contributed by atoms with E-state index in [0.717, 1.165) is 31.5 Å². The summed E-state index contributed by atoms with van der Waals surface area (Å²) in [5.74, 6) is 1.49. The minimum Gasteiger partial charge on any atom is -0.393 e. The van der Waals surface area contributed by atoms with Crippen molar-refractivity contribution in [1.82, 2.24) is 5.32 Å². The summed E-state index contributed by atoms with van der Waals surface area (Å²) in [6, 6.07) is 0.514. The first-order chi connectivity index (χ1) is 6.79. The quantitative estimate of drug-likeness (QED) is 0.655. The molecule has 0 aliphatic heterocycles. The average molecular weight is 197 g/mol. The van der Waals surface area contributed by atoms with Gasteiger partial charge >= 0.3 is 0 Å². The predicted octanol–water partition coefficient (Wildman–Crippen LogP) is 0.714. The zero-order chi connectivity index (χ0) is 9.97. The van der Waals surface area contributed by atoms with E-state index in [2.05, 4.69) is 5.32 Å². The van der Waals surface area contributed by atoms with Crippen molar-refractivity contribution in [2.45, 2.75) is 44.2 Å². The summed E-state index contributed by atoms with van der Waals surface area (Å²) < 4.78 is 0. The number of rotatable bonds is 3. The minimum absolute atomic E-state index is 0.0685. The van der Waals surface area contributed by atoms with Gasteiger partial charge in [0.2, 0.25) is 0 Å². The zero-order valence-electron chi connectivity index (χ0n) is 8.48. The van der Waals surface area contributed by atoms with Crippen molar-refractivity contribution < 1.29 is 9.90 Å². The fourth-order valence-electron chi connectivity index (χ4n) is 3.11. The van der Waals surface area contributed by atoms with Crippen molar-refractivity contribution in [3.63, 3.8) is 0 Å². The molecule has 2 fully saturated rings. The minimum atomic E-state index is -0.0685. The van der Waals surface area contributed by atoms with Crippen LogP contribution in [0, 0.1) is 11.8 Å². The molecule has 0 saturated heterocycles. The van der Waals surface area contributed by atoms with Gasteiger partial charge in [0.25, 0.3) is 0 Å². The van der Waals surface area contributed by atoms with Crippen LogP contribution < -0.4 is 5.32 Å². The van der Waals surface area contributed by atoms with Gasteiger partial charge in [0.15, 0.2) is 0 Å². The third-order valence-electron chi connectivity index (χ3n) is 3.78. The number of carbonyl (C=O) groups excluding carboxylic acids is 1. The first-order valence-corrected chi connectivity index (χ1v) is 5.64. The molecule has 2 aliphatic rings. The van der Waals surface area contributed by atoms with Crippen LogP contribution >= 0.6 is 0 Å². The number of hydrogen-bond donors (Lipinski definition) is 2. The van der Waals surface area contributed by atoms with Gasteiger partial charge in [-0.2, -0.15) is 0 Å². The Morgan fingerprint density at radius 2 is 2.00 bits per heavy atom. The van der Waals surface area contributed by atoms with Crippen molar-refractivity contribution in [2.24, 2.45) is 11.8 Å². The Bertz CT molecular complexity index is 207. The van der Waals surface area contributed by atoms with E-state index in [9.17, 15) is 9.90 Å². The fraction of sp³-hybridized carbons (Fsp3) is 0.909. The molecule has 4 atom stereocenters. The first-order valence-electron chi connectivity index (χ1n) is 5.64. The third-order valence-corrected chi connectivity index (χ3v) is 3.78. The van der Waals surface area contributed by atoms with Crippen LogP contribution in [0.15, 0.2) is 0 Å². The molecule has 0 heterocycles. The highest BCUT2D eigenvalue weighted by Crippen LogP contribution is 2.42. The Morgan fingerprint density at radius 3 is 2.79 bits per heavy atom. The Morgan fingerprint density at radius 1 is 1.21 bits per heavy atom. The van der Waals surface area contributed by atoms with Gasteiger partial charge < -0.3 is 15.2 Å². The molecule has 14 heavy (non-hydrogen) atoms. The van der Waals surface area contributed by atoms with E-state index in [4.69, 9.17) is 0 Å². The van der Waals surface area contributed by atoms with Gasteiger partial charge in [-0.25, -0.2) is 0 Å². The number of aliphatic hydroxyl groups is 1. The number of hydrogen-bond acceptors (Lipinski definition) is 3. The monoisotopic (exact) mass is 197 g/mol. The molecule has 80 valence electrons. The second kappa shape index (κ2) is 4.41. The standard InChI is InChI=1S/C11H19NO2/c13-4-3-12-10-5-8-1-2-11(14)7-9(8)6-10/h4,8-12,14H,1-3,5-7H2. The molecular weight excluding hydrogens is 178 g/mol. The number of aldehydes is 1. The Kier molecular flexibility index (Phi) is 3.19. The van der Waals surface area contributed by atoms with Gasteiger partial charge in [-0.3, -0.25) is 0 Å². The summed E-state index contributed by atoms with van der Waals surface area (Å²) in [5, 5.41) is 12.8. The maximum atomic E-state index is 10.2. The molecule has 2 saturated carbocycles. The van der Waals surface area contributed by atoms with Crippen LogP contribution in [-0.2, 0) is 4.79 Å². The van der Waals surface area contributed by atoms with E-state index in [-0.39, 0.29) is 6.10 Å². The summed E-state index contributed by atoms with van der Waals surface area (Å²) in [7, 11) is 0. The number of aliphatic hydroxyl groups excluding tert-OH is 1. The molecule has 0 aromatic heterocycles. The third kappa shape index (κ3) is 2.15. The van der Waals surface area contributed by atoms with E-state index in [0.29, 0.717) is 18.5 Å². The van der Waals surface area contributed by atoms with Crippen LogP contribution in [0.1, 0.15) is 32.1 Å². The summed E-state index contributed by atoms with van der Waals surface area (Å²) in [6.45, 7) is 0.479. The molecule has 0 aromatic carbocycles. The van der Waals surface area contributed by atoms with Crippen LogP contribution in [0.25, 0.3) is 0 Å². The molecule has 0 radical (unpaired) electrons. The SMILES string of the molecule is O=CCNC1CC2CCC(O)CC2C1. The second-order valence-electron chi connectivity index (χ2n) is 4.73. The van der Waals surface area contributed by atoms with Gasteiger partial charge in [-0.05, 0) is 43.9 Å². The lowest BCUT2D eigenvalue weighted by Gasteiger charge is -2.28. The average Bonchev–Trinajstić information content (AvgIpc) is 2.56. The highest BCUT2D eigenvalue weighted by Gasteiger charge is 2.37. The normalized spacial score (nSPS) is 42.1. The van der Waals surface area contributed by atoms with Crippen molar-refractivity contribution in [3.05, 3.63) is 0 Å². The topological polar surface area (TPSA) is 49.3 Å². The molecule has 3 heteroatoms. The number of nitrogens with one attached hydrogen (secondary N) is 1. The summed E-state index contributed by atoms with van der Waals surface area (Å²) in [6.07, 6.45) is 6.33. The Hall–Kier alpha value is -0.410. The molecule has 2 rings (SSSR count). The van der Waals surface area contributed by atoms with Gasteiger partial charge in [-0.15, -0.1) is 0 Å². The van der Waals surface area contributed by atoms with Crippen molar-refractivity contribution in [1.29, 1.82) is 0 Å². The van der Waals surface area contributed by atoms with Crippen LogP contribution in [-0.4, -0.2) is 30.1 Å². The highest BCUT2D eigenvalue weighted by molar-refractivity contribution is 5.51. The molecule has 2 N–H and O–H groups in total. The smallest absolute Gasteiger partial charge is 0.133 e. The first kappa shape index (κ1) is 10.1. The molecule has 0 aromatic rings. The number of fused-ring (bicyclic) bond motifs is 1. The molecule has 0 amide bonds. The van der Waals surface area contributed by atoms with Crippen molar-refractivity contribution >= 4 is 6.29 Å². The summed E-state index contributed by atoms with van der Waals surface area (Å²) in [4.78, 5) is 10.2. The highest BCUT2D eigenvalue weighted by atomic mass is 16.3. The maximum absolute atomic E-state index is 10.2. The molecule has 2 aliphatic carbocycles. The van der Waals surface area contributed by atoms with Gasteiger partial charge in [-0.1, -0.05) is 0 Å². The van der Waals surface area contributed by atoms with E-state index in [1.54, 1.807) is 0 Å². The lowest BCUT2D eigenvalue weighted by atomic mass is 9.80. The second-order valence-corrected chi connectivity index (χ2v) is 4.73. The van der Waals surface area contributed by atoms with E-state index >= 15 is 0 Å². The molecule has 3 nitrogen and oxygen atoms in total. The van der Waals surface area contributed by atoms with Gasteiger partial charge in [0.1, 0.15) is 6.29 Å². The van der Waals surface area contributed by atoms with Crippen LogP contribution in [0.4, 0.5) is 0 Å². The summed E-state index contributed by atoms with van der Waals surface area (Å²) >= 11 is 0. The van der Waals surface area contributed by atoms with Crippen LogP contribution in [0.5, 0.6) is 0 Å². The molecule has 0 bridgehead atoms. The van der Waals surface area contributed by atoms with Crippen LogP contribution in [0.3, 0.4) is 0 Å². The molecule has 4 unspecified atom stereocenters. The zero-order valence-corrected chi connectivity index (χ0v) is 8.48. The fourth-order valence-corrected chi connectivity index (χ4v) is 3.11. The van der Waals surface area contributed by atoms with E-state index < -0.39 is 0 Å². The van der Waals surface area contributed by atoms with Crippen LogP contribution in [0.2, 0.25) is 0 Å². The van der Waals surface area contributed by atoms with Gasteiger partial charge in [0, 0.05) is 6.04 Å². The summed E-state index contributed by atoms with van der Waals surface area (Å²) in [5.41, 5.74) is 0. The molecular formula is C11H19NO2. The largest absolute Gasteiger partial charge is 0.393 e.